The van der Waals surface area contributed by atoms with Gasteiger partial charge in [0.05, 0.1) is 11.0 Å². The number of aromatic nitrogens is 2. The molecule has 3 N–H and O–H groups in total. The molecule has 0 radical (unpaired) electrons. The third-order valence-corrected chi connectivity index (χ3v) is 3.76. The Morgan fingerprint density at radius 3 is 2.52 bits per heavy atom. The quantitative estimate of drug-likeness (QED) is 0.810. The van der Waals surface area contributed by atoms with Gasteiger partial charge in [-0.25, -0.2) is 9.97 Å². The number of hydrogen-bond acceptors (Lipinski definition) is 5. The van der Waals surface area contributed by atoms with Crippen molar-refractivity contribution in [2.75, 3.05) is 37.3 Å². The number of benzene rings is 1. The maximum atomic E-state index is 4.67. The molecule has 0 saturated carbocycles. The first-order valence-corrected chi connectivity index (χ1v) is 7.26. The predicted octanol–water partition coefficient (Wildman–Crippen LogP) is 2.50. The van der Waals surface area contributed by atoms with E-state index in [-0.39, 0.29) is 12.4 Å². The van der Waals surface area contributed by atoms with Gasteiger partial charge in [-0.05, 0) is 44.0 Å². The second kappa shape index (κ2) is 7.43. The molecule has 0 bridgehead atoms. The Morgan fingerprint density at radius 1 is 1.19 bits per heavy atom. The van der Waals surface area contributed by atoms with Crippen LogP contribution < -0.4 is 16.0 Å². The molecule has 2 aromatic rings. The van der Waals surface area contributed by atoms with Crippen molar-refractivity contribution < 1.29 is 0 Å². The van der Waals surface area contributed by atoms with Crippen molar-refractivity contribution in [2.45, 2.75) is 12.8 Å². The Kier molecular flexibility index (Phi) is 5.59. The van der Waals surface area contributed by atoms with Crippen LogP contribution in [0, 0.1) is 5.92 Å². The van der Waals surface area contributed by atoms with E-state index in [0.29, 0.717) is 5.92 Å². The van der Waals surface area contributed by atoms with Crippen LogP contribution in [0.15, 0.2) is 24.3 Å². The van der Waals surface area contributed by atoms with Gasteiger partial charge >= 0.3 is 0 Å². The number of halogens is 1. The fourth-order valence-electron chi connectivity index (χ4n) is 2.64. The molecule has 1 aromatic heterocycles. The van der Waals surface area contributed by atoms with Crippen LogP contribution in [-0.2, 0) is 0 Å². The van der Waals surface area contributed by atoms with Crippen molar-refractivity contribution in [3.8, 4) is 0 Å². The van der Waals surface area contributed by atoms with E-state index >= 15 is 0 Å². The highest BCUT2D eigenvalue weighted by molar-refractivity contribution is 5.85. The molecule has 1 aliphatic heterocycles. The van der Waals surface area contributed by atoms with Gasteiger partial charge < -0.3 is 16.0 Å². The molecule has 1 aromatic carbocycles. The highest BCUT2D eigenvalue weighted by atomic mass is 35.5. The minimum absolute atomic E-state index is 0. The van der Waals surface area contributed by atoms with Crippen LogP contribution in [0.4, 0.5) is 11.6 Å². The first-order valence-electron chi connectivity index (χ1n) is 7.26. The van der Waals surface area contributed by atoms with Gasteiger partial charge in [0.25, 0.3) is 0 Å². The normalized spacial score (nSPS) is 18.0. The molecule has 21 heavy (non-hydrogen) atoms. The summed E-state index contributed by atoms with van der Waals surface area (Å²) in [6.07, 6.45) is 2.53. The second-order valence-corrected chi connectivity index (χ2v) is 5.25. The summed E-state index contributed by atoms with van der Waals surface area (Å²) in [6.45, 7) is 3.17. The Bertz CT molecular complexity index is 583. The number of anilines is 2. The third-order valence-electron chi connectivity index (χ3n) is 3.76. The number of nitrogens with one attached hydrogen (secondary N) is 3. The Morgan fingerprint density at radius 2 is 1.90 bits per heavy atom. The SMILES string of the molecule is CNc1nc2ccccc2nc1NCC1CCCNC1.Cl. The minimum Gasteiger partial charge on any atom is -0.370 e. The van der Waals surface area contributed by atoms with Crippen LogP contribution in [0.2, 0.25) is 0 Å². The second-order valence-electron chi connectivity index (χ2n) is 5.25. The van der Waals surface area contributed by atoms with E-state index in [1.165, 1.54) is 12.8 Å². The zero-order valence-corrected chi connectivity index (χ0v) is 13.0. The summed E-state index contributed by atoms with van der Waals surface area (Å²) in [7, 11) is 1.88. The van der Waals surface area contributed by atoms with Gasteiger partial charge in [0.1, 0.15) is 0 Å². The van der Waals surface area contributed by atoms with Crippen LogP contribution in [-0.4, -0.2) is 36.6 Å². The molecule has 1 atom stereocenters. The molecular formula is C15H22ClN5. The molecule has 0 spiro atoms. The molecule has 1 aliphatic rings. The lowest BCUT2D eigenvalue weighted by atomic mass is 10.00. The fourth-order valence-corrected chi connectivity index (χ4v) is 2.64. The van der Waals surface area contributed by atoms with Gasteiger partial charge in [0, 0.05) is 13.6 Å². The number of fused-ring (bicyclic) bond motifs is 1. The molecule has 3 rings (SSSR count). The fraction of sp³-hybridized carbons (Fsp3) is 0.467. The Hall–Kier alpha value is -1.59. The largest absolute Gasteiger partial charge is 0.370 e. The number of hydrogen-bond donors (Lipinski definition) is 3. The van der Waals surface area contributed by atoms with Crippen LogP contribution in [0.1, 0.15) is 12.8 Å². The van der Waals surface area contributed by atoms with Crippen LogP contribution in [0.25, 0.3) is 11.0 Å². The van der Waals surface area contributed by atoms with E-state index in [9.17, 15) is 0 Å². The Balaban J connectivity index is 0.00000161. The summed E-state index contributed by atoms with van der Waals surface area (Å²) in [5, 5.41) is 10.0. The maximum Gasteiger partial charge on any atom is 0.169 e. The summed E-state index contributed by atoms with van der Waals surface area (Å²) in [5.74, 6) is 2.32. The lowest BCUT2D eigenvalue weighted by Gasteiger charge is -2.23. The molecule has 2 heterocycles. The monoisotopic (exact) mass is 307 g/mol. The van der Waals surface area contributed by atoms with Gasteiger partial charge in [-0.15, -0.1) is 12.4 Å². The molecule has 114 valence electrons. The topological polar surface area (TPSA) is 61.9 Å². The number of nitrogens with zero attached hydrogens (tertiary/aromatic N) is 2. The molecule has 0 amide bonds. The predicted molar refractivity (Wildman–Crippen MR) is 90.4 cm³/mol. The Labute approximate surface area is 131 Å². The van der Waals surface area contributed by atoms with Gasteiger partial charge in [0.15, 0.2) is 11.6 Å². The highest BCUT2D eigenvalue weighted by Gasteiger charge is 2.14. The lowest BCUT2D eigenvalue weighted by Crippen LogP contribution is -2.33. The summed E-state index contributed by atoms with van der Waals surface area (Å²) >= 11 is 0. The summed E-state index contributed by atoms with van der Waals surface area (Å²) in [4.78, 5) is 9.28. The van der Waals surface area contributed by atoms with Crippen molar-refractivity contribution >= 4 is 35.1 Å². The minimum atomic E-state index is 0. The molecule has 1 unspecified atom stereocenters. The van der Waals surface area contributed by atoms with Gasteiger partial charge in [-0.1, -0.05) is 12.1 Å². The average Bonchev–Trinajstić information content (AvgIpc) is 2.53. The van der Waals surface area contributed by atoms with E-state index in [0.717, 1.165) is 42.3 Å². The van der Waals surface area contributed by atoms with Crippen LogP contribution in [0.5, 0.6) is 0 Å². The highest BCUT2D eigenvalue weighted by Crippen LogP contribution is 2.21. The van der Waals surface area contributed by atoms with Crippen LogP contribution in [0.3, 0.4) is 0 Å². The van der Waals surface area contributed by atoms with Crippen LogP contribution >= 0.6 is 12.4 Å². The van der Waals surface area contributed by atoms with Gasteiger partial charge in [-0.2, -0.15) is 0 Å². The molecule has 6 heteroatoms. The third kappa shape index (κ3) is 3.74. The summed E-state index contributed by atoms with van der Waals surface area (Å²) < 4.78 is 0. The van der Waals surface area contributed by atoms with E-state index in [1.807, 2.05) is 31.3 Å². The van der Waals surface area contributed by atoms with E-state index in [4.69, 9.17) is 0 Å². The van der Waals surface area contributed by atoms with Crippen molar-refractivity contribution in [1.82, 2.24) is 15.3 Å². The summed E-state index contributed by atoms with van der Waals surface area (Å²) in [6, 6.07) is 7.95. The van der Waals surface area contributed by atoms with E-state index < -0.39 is 0 Å². The van der Waals surface area contributed by atoms with Gasteiger partial charge in [0.2, 0.25) is 0 Å². The van der Waals surface area contributed by atoms with Crippen molar-refractivity contribution in [3.63, 3.8) is 0 Å². The number of rotatable bonds is 4. The molecule has 1 saturated heterocycles. The van der Waals surface area contributed by atoms with E-state index in [2.05, 4.69) is 25.9 Å². The maximum absolute atomic E-state index is 4.67. The summed E-state index contributed by atoms with van der Waals surface area (Å²) in [5.41, 5.74) is 1.84. The molecular weight excluding hydrogens is 286 g/mol. The smallest absolute Gasteiger partial charge is 0.169 e. The average molecular weight is 308 g/mol. The molecule has 1 fully saturated rings. The van der Waals surface area contributed by atoms with Crippen molar-refractivity contribution in [2.24, 2.45) is 5.92 Å². The lowest BCUT2D eigenvalue weighted by molar-refractivity contribution is 0.392. The van der Waals surface area contributed by atoms with Crippen molar-refractivity contribution in [1.29, 1.82) is 0 Å². The first kappa shape index (κ1) is 15.8. The number of para-hydroxylation sites is 2. The zero-order valence-electron chi connectivity index (χ0n) is 12.2. The molecule has 5 nitrogen and oxygen atoms in total. The number of piperidine rings is 1. The van der Waals surface area contributed by atoms with Gasteiger partial charge in [-0.3, -0.25) is 0 Å². The standard InChI is InChI=1S/C15H21N5.ClH/c1-16-14-15(18-10-11-5-4-8-17-9-11)20-13-7-3-2-6-12(13)19-14;/h2-3,6-7,11,17H,4-5,8-10H2,1H3,(H,16,19)(H,18,20);1H. The first-order chi connectivity index (χ1) is 9.86. The van der Waals surface area contributed by atoms with E-state index in [1.54, 1.807) is 0 Å². The molecule has 0 aliphatic carbocycles. The zero-order chi connectivity index (χ0) is 13.8. The van der Waals surface area contributed by atoms with Crippen molar-refractivity contribution in [3.05, 3.63) is 24.3 Å².